The van der Waals surface area contributed by atoms with E-state index in [2.05, 4.69) is 17.5 Å². The molecular formula is C15H13ClN2O2S. The van der Waals surface area contributed by atoms with Gasteiger partial charge in [0.1, 0.15) is 11.5 Å². The molecule has 1 amide bonds. The standard InChI is InChI=1S/C15H13ClN2O2S/c1-9-2-3-10(8-12(9)16)13-6-4-11(20-13)5-7-14(19)18-15(17)21/h2-8H,1H3,(H3,17,18,19,21)/b7-5+. The summed E-state index contributed by atoms with van der Waals surface area (Å²) in [4.78, 5) is 11.4. The highest BCUT2D eigenvalue weighted by atomic mass is 35.5. The number of aryl methyl sites for hydroxylation is 1. The zero-order valence-electron chi connectivity index (χ0n) is 11.2. The highest BCUT2D eigenvalue weighted by molar-refractivity contribution is 7.80. The van der Waals surface area contributed by atoms with Crippen LogP contribution >= 0.6 is 23.8 Å². The van der Waals surface area contributed by atoms with Crippen molar-refractivity contribution in [2.24, 2.45) is 5.73 Å². The van der Waals surface area contributed by atoms with E-state index in [1.165, 1.54) is 12.2 Å². The molecule has 108 valence electrons. The lowest BCUT2D eigenvalue weighted by atomic mass is 10.1. The van der Waals surface area contributed by atoms with E-state index in [0.717, 1.165) is 11.1 Å². The lowest BCUT2D eigenvalue weighted by molar-refractivity contribution is -0.115. The number of carbonyl (C=O) groups excluding carboxylic acids is 1. The first-order valence-electron chi connectivity index (χ1n) is 6.10. The van der Waals surface area contributed by atoms with Gasteiger partial charge in [0.05, 0.1) is 0 Å². The molecule has 4 nitrogen and oxygen atoms in total. The van der Waals surface area contributed by atoms with Crippen molar-refractivity contribution < 1.29 is 9.21 Å². The first kappa shape index (κ1) is 15.3. The summed E-state index contributed by atoms with van der Waals surface area (Å²) < 4.78 is 5.63. The lowest BCUT2D eigenvalue weighted by Crippen LogP contribution is -2.33. The van der Waals surface area contributed by atoms with Crippen LogP contribution in [0.1, 0.15) is 11.3 Å². The highest BCUT2D eigenvalue weighted by Gasteiger charge is 2.05. The minimum absolute atomic E-state index is 0.0703. The van der Waals surface area contributed by atoms with E-state index in [9.17, 15) is 4.79 Å². The van der Waals surface area contributed by atoms with Crippen LogP contribution in [0.2, 0.25) is 5.02 Å². The number of carbonyl (C=O) groups is 1. The van der Waals surface area contributed by atoms with Crippen molar-refractivity contribution in [1.82, 2.24) is 5.32 Å². The van der Waals surface area contributed by atoms with Crippen LogP contribution in [-0.2, 0) is 4.79 Å². The monoisotopic (exact) mass is 320 g/mol. The molecule has 0 unspecified atom stereocenters. The fraction of sp³-hybridized carbons (Fsp3) is 0.0667. The molecule has 0 atom stereocenters. The topological polar surface area (TPSA) is 68.3 Å². The van der Waals surface area contributed by atoms with E-state index < -0.39 is 5.91 Å². The van der Waals surface area contributed by atoms with Gasteiger partial charge in [-0.15, -0.1) is 0 Å². The minimum atomic E-state index is -0.404. The number of amides is 1. The minimum Gasteiger partial charge on any atom is -0.457 e. The molecule has 0 radical (unpaired) electrons. The maximum absolute atomic E-state index is 11.4. The second-order valence-corrected chi connectivity index (χ2v) is 5.20. The van der Waals surface area contributed by atoms with E-state index in [-0.39, 0.29) is 5.11 Å². The van der Waals surface area contributed by atoms with Gasteiger partial charge in [-0.25, -0.2) is 0 Å². The molecule has 0 aliphatic rings. The Balaban J connectivity index is 2.14. The van der Waals surface area contributed by atoms with Gasteiger partial charge in [-0.2, -0.15) is 0 Å². The number of hydrogen-bond acceptors (Lipinski definition) is 3. The first-order chi connectivity index (χ1) is 9.95. The maximum atomic E-state index is 11.4. The Morgan fingerprint density at radius 2 is 2.14 bits per heavy atom. The van der Waals surface area contributed by atoms with Gasteiger partial charge in [-0.3, -0.25) is 10.1 Å². The van der Waals surface area contributed by atoms with E-state index in [0.29, 0.717) is 16.5 Å². The fourth-order valence-electron chi connectivity index (χ4n) is 1.66. The zero-order chi connectivity index (χ0) is 15.4. The van der Waals surface area contributed by atoms with Crippen molar-refractivity contribution in [3.8, 4) is 11.3 Å². The molecule has 1 heterocycles. The first-order valence-corrected chi connectivity index (χ1v) is 6.89. The predicted octanol–water partition coefficient (Wildman–Crippen LogP) is 3.28. The van der Waals surface area contributed by atoms with E-state index in [4.69, 9.17) is 21.8 Å². The molecule has 21 heavy (non-hydrogen) atoms. The summed E-state index contributed by atoms with van der Waals surface area (Å²) >= 11 is 10.7. The van der Waals surface area contributed by atoms with Gasteiger partial charge in [0.25, 0.3) is 0 Å². The third-order valence-electron chi connectivity index (χ3n) is 2.73. The summed E-state index contributed by atoms with van der Waals surface area (Å²) in [6, 6.07) is 9.25. The Labute approximate surface area is 132 Å². The zero-order valence-corrected chi connectivity index (χ0v) is 12.8. The van der Waals surface area contributed by atoms with Crippen LogP contribution in [0, 0.1) is 6.92 Å². The molecule has 0 bridgehead atoms. The van der Waals surface area contributed by atoms with Crippen molar-refractivity contribution in [2.45, 2.75) is 6.92 Å². The molecule has 3 N–H and O–H groups in total. The second-order valence-electron chi connectivity index (χ2n) is 4.35. The van der Waals surface area contributed by atoms with Gasteiger partial charge in [0.2, 0.25) is 5.91 Å². The van der Waals surface area contributed by atoms with Crippen LogP contribution in [0.5, 0.6) is 0 Å². The average Bonchev–Trinajstić information content (AvgIpc) is 2.88. The Hall–Kier alpha value is -2.11. The predicted molar refractivity (Wildman–Crippen MR) is 87.9 cm³/mol. The van der Waals surface area contributed by atoms with Crippen LogP contribution < -0.4 is 11.1 Å². The molecule has 6 heteroatoms. The number of halogens is 1. The average molecular weight is 321 g/mol. The van der Waals surface area contributed by atoms with E-state index >= 15 is 0 Å². The molecule has 0 saturated carbocycles. The summed E-state index contributed by atoms with van der Waals surface area (Å²) in [6.07, 6.45) is 2.83. The van der Waals surface area contributed by atoms with Gasteiger partial charge >= 0.3 is 0 Å². The summed E-state index contributed by atoms with van der Waals surface area (Å²) in [6.45, 7) is 1.93. The van der Waals surface area contributed by atoms with E-state index in [1.54, 1.807) is 6.07 Å². The molecule has 1 aromatic carbocycles. The van der Waals surface area contributed by atoms with Crippen LogP contribution in [0.15, 0.2) is 40.8 Å². The molecule has 0 saturated heterocycles. The number of hydrogen-bond donors (Lipinski definition) is 2. The van der Waals surface area contributed by atoms with Crippen LogP contribution in [0.3, 0.4) is 0 Å². The number of nitrogens with two attached hydrogens (primary N) is 1. The largest absolute Gasteiger partial charge is 0.457 e. The van der Waals surface area contributed by atoms with Crippen molar-refractivity contribution in [3.63, 3.8) is 0 Å². The number of thiocarbonyl (C=S) groups is 1. The number of nitrogens with one attached hydrogen (secondary N) is 1. The molecule has 0 spiro atoms. The third-order valence-corrected chi connectivity index (χ3v) is 3.24. The lowest BCUT2D eigenvalue weighted by Gasteiger charge is -2.00. The van der Waals surface area contributed by atoms with Crippen molar-refractivity contribution >= 4 is 40.9 Å². The quantitative estimate of drug-likeness (QED) is 0.672. The summed E-state index contributed by atoms with van der Waals surface area (Å²) in [7, 11) is 0. The number of benzene rings is 1. The molecule has 0 aliphatic heterocycles. The SMILES string of the molecule is Cc1ccc(-c2ccc(/C=C/C(=O)NC(N)=S)o2)cc1Cl. The number of rotatable bonds is 3. The molecule has 2 rings (SSSR count). The van der Waals surface area contributed by atoms with Crippen LogP contribution in [0.25, 0.3) is 17.4 Å². The van der Waals surface area contributed by atoms with Crippen molar-refractivity contribution in [2.75, 3.05) is 0 Å². The smallest absolute Gasteiger partial charge is 0.250 e. The third kappa shape index (κ3) is 4.18. The Kier molecular flexibility index (Phi) is 4.77. The van der Waals surface area contributed by atoms with Gasteiger partial charge in [0, 0.05) is 16.7 Å². The Morgan fingerprint density at radius 1 is 1.38 bits per heavy atom. The Morgan fingerprint density at radius 3 is 2.81 bits per heavy atom. The maximum Gasteiger partial charge on any atom is 0.250 e. The molecule has 0 fully saturated rings. The highest BCUT2D eigenvalue weighted by Crippen LogP contribution is 2.27. The van der Waals surface area contributed by atoms with Gasteiger partial charge in [-0.05, 0) is 49.0 Å². The summed E-state index contributed by atoms with van der Waals surface area (Å²) in [5.41, 5.74) is 7.07. The van der Waals surface area contributed by atoms with Gasteiger partial charge in [-0.1, -0.05) is 23.7 Å². The summed E-state index contributed by atoms with van der Waals surface area (Å²) in [5.74, 6) is 0.810. The van der Waals surface area contributed by atoms with Crippen molar-refractivity contribution in [1.29, 1.82) is 0 Å². The van der Waals surface area contributed by atoms with Crippen LogP contribution in [0.4, 0.5) is 0 Å². The molecular weight excluding hydrogens is 308 g/mol. The fourth-order valence-corrected chi connectivity index (χ4v) is 1.95. The van der Waals surface area contributed by atoms with Gasteiger partial charge in [0.15, 0.2) is 5.11 Å². The summed E-state index contributed by atoms with van der Waals surface area (Å²) in [5, 5.41) is 2.90. The van der Waals surface area contributed by atoms with Crippen LogP contribution in [-0.4, -0.2) is 11.0 Å². The van der Waals surface area contributed by atoms with Gasteiger partial charge < -0.3 is 10.2 Å². The molecule has 2 aromatic rings. The molecule has 1 aromatic heterocycles. The van der Waals surface area contributed by atoms with Crippen molar-refractivity contribution in [3.05, 3.63) is 52.8 Å². The molecule has 0 aliphatic carbocycles. The number of furan rings is 1. The normalized spacial score (nSPS) is 10.8. The Bertz CT molecular complexity index is 722. The van der Waals surface area contributed by atoms with E-state index in [1.807, 2.05) is 31.2 Å². The second kappa shape index (κ2) is 6.56.